The van der Waals surface area contributed by atoms with E-state index in [-0.39, 0.29) is 0 Å². The molecule has 2 aromatic heterocycles. The van der Waals surface area contributed by atoms with Crippen molar-refractivity contribution in [3.8, 4) is 0 Å². The highest BCUT2D eigenvalue weighted by Crippen LogP contribution is 2.28. The van der Waals surface area contributed by atoms with Crippen molar-refractivity contribution in [1.29, 1.82) is 0 Å². The molecule has 0 bridgehead atoms. The number of nitrogens with zero attached hydrogens (tertiary/aromatic N) is 3. The molecule has 21 heavy (non-hydrogen) atoms. The molecule has 0 aliphatic rings. The molecule has 3 aromatic rings. The van der Waals surface area contributed by atoms with Crippen molar-refractivity contribution in [2.24, 2.45) is 0 Å². The lowest BCUT2D eigenvalue weighted by molar-refractivity contribution is 0.505. The summed E-state index contributed by atoms with van der Waals surface area (Å²) in [5, 5.41) is 2.65. The third-order valence-electron chi connectivity index (χ3n) is 3.31. The van der Waals surface area contributed by atoms with Gasteiger partial charge in [-0.05, 0) is 39.7 Å². The summed E-state index contributed by atoms with van der Waals surface area (Å²) in [4.78, 5) is 6.26. The van der Waals surface area contributed by atoms with Gasteiger partial charge in [-0.3, -0.25) is 4.98 Å². The lowest BCUT2D eigenvalue weighted by atomic mass is 10.2. The maximum absolute atomic E-state index is 4.26. The van der Waals surface area contributed by atoms with E-state index < -0.39 is 0 Å². The number of aryl methyl sites for hydroxylation is 1. The van der Waals surface area contributed by atoms with Crippen molar-refractivity contribution in [3.63, 3.8) is 0 Å². The van der Waals surface area contributed by atoms with Crippen LogP contribution in [-0.2, 0) is 6.54 Å². The first kappa shape index (κ1) is 15.5. The van der Waals surface area contributed by atoms with Crippen molar-refractivity contribution in [1.82, 2.24) is 14.5 Å². The van der Waals surface area contributed by atoms with Gasteiger partial charge in [0.25, 0.3) is 0 Å². The number of para-hydroxylation sites is 1. The van der Waals surface area contributed by atoms with Gasteiger partial charge < -0.3 is 9.47 Å². The Bertz CT molecular complexity index is 642. The maximum atomic E-state index is 4.26. The monoisotopic (exact) mass is 283 g/mol. The Morgan fingerprint density at radius 1 is 1.00 bits per heavy atom. The van der Waals surface area contributed by atoms with E-state index >= 15 is 0 Å². The predicted molar refractivity (Wildman–Crippen MR) is 91.8 cm³/mol. The minimum Gasteiger partial charge on any atom is -0.339 e. The van der Waals surface area contributed by atoms with Crippen LogP contribution in [0.5, 0.6) is 0 Å². The number of benzene rings is 1. The summed E-state index contributed by atoms with van der Waals surface area (Å²) >= 11 is 0. The first-order chi connectivity index (χ1) is 10.1. The molecular formula is C18H25N3. The van der Waals surface area contributed by atoms with Gasteiger partial charge >= 0.3 is 0 Å². The van der Waals surface area contributed by atoms with Crippen molar-refractivity contribution >= 4 is 21.8 Å². The quantitative estimate of drug-likeness (QED) is 0.719. The second-order valence-electron chi connectivity index (χ2n) is 5.76. The summed E-state index contributed by atoms with van der Waals surface area (Å²) < 4.78 is 2.39. The molecule has 0 atom stereocenters. The first-order valence-electron chi connectivity index (χ1n) is 7.57. The minimum absolute atomic E-state index is 1.08. The Hall–Kier alpha value is -1.87. The molecule has 0 spiro atoms. The van der Waals surface area contributed by atoms with Crippen LogP contribution in [0.1, 0.15) is 19.8 Å². The molecule has 0 radical (unpaired) electrons. The van der Waals surface area contributed by atoms with E-state index in [9.17, 15) is 0 Å². The van der Waals surface area contributed by atoms with Crippen LogP contribution in [-0.4, -0.2) is 35.6 Å². The number of rotatable bonds is 3. The van der Waals surface area contributed by atoms with Crippen LogP contribution < -0.4 is 0 Å². The van der Waals surface area contributed by atoms with Crippen LogP contribution in [0.2, 0.25) is 0 Å². The van der Waals surface area contributed by atoms with E-state index in [1.807, 2.05) is 38.4 Å². The molecular weight excluding hydrogens is 258 g/mol. The number of unbranched alkanes of at least 4 members (excludes halogenated alkanes) is 1. The summed E-state index contributed by atoms with van der Waals surface area (Å²) in [6.07, 6.45) is 6.28. The third kappa shape index (κ3) is 3.61. The topological polar surface area (TPSA) is 21.1 Å². The molecule has 0 unspecified atom stereocenters. The van der Waals surface area contributed by atoms with Gasteiger partial charge in [-0.15, -0.1) is 0 Å². The van der Waals surface area contributed by atoms with Crippen molar-refractivity contribution in [2.75, 3.05) is 21.1 Å². The summed E-state index contributed by atoms with van der Waals surface area (Å²) in [5.74, 6) is 0. The van der Waals surface area contributed by atoms with E-state index in [0.29, 0.717) is 0 Å². The third-order valence-corrected chi connectivity index (χ3v) is 3.31. The summed E-state index contributed by atoms with van der Waals surface area (Å²) in [5.41, 5.74) is 2.58. The Labute approximate surface area is 127 Å². The van der Waals surface area contributed by atoms with Gasteiger partial charge in [-0.1, -0.05) is 31.5 Å². The summed E-state index contributed by atoms with van der Waals surface area (Å²) in [6.45, 7) is 3.30. The number of hydrogen-bond donors (Lipinski definition) is 0. The molecule has 3 heteroatoms. The van der Waals surface area contributed by atoms with Crippen molar-refractivity contribution in [2.45, 2.75) is 26.3 Å². The smallest absolute Gasteiger partial charge is 0.0677 e. The number of fused-ring (bicyclic) bond motifs is 3. The highest BCUT2D eigenvalue weighted by molar-refractivity contribution is 6.07. The standard InChI is InChI=1S/C15H16N2.C3H9N/c1-2-3-10-17-14-7-5-4-6-12(14)13-8-9-16-11-15(13)17;1-4(2)3/h4-9,11H,2-3,10H2,1H3;1-3H3. The Kier molecular flexibility index (Phi) is 5.34. The van der Waals surface area contributed by atoms with Crippen LogP contribution in [0, 0.1) is 0 Å². The number of pyridine rings is 1. The number of hydrogen-bond acceptors (Lipinski definition) is 2. The molecule has 3 nitrogen and oxygen atoms in total. The molecule has 0 saturated heterocycles. The predicted octanol–water partition coefficient (Wildman–Crippen LogP) is 4.17. The highest BCUT2D eigenvalue weighted by Gasteiger charge is 2.08. The van der Waals surface area contributed by atoms with E-state index in [0.717, 1.165) is 6.54 Å². The first-order valence-corrected chi connectivity index (χ1v) is 7.57. The second kappa shape index (κ2) is 7.23. The SMILES string of the molecule is CCCCn1c2ccccc2c2ccncc21.CN(C)C. The Balaban J connectivity index is 0.000000361. The fourth-order valence-corrected chi connectivity index (χ4v) is 2.45. The van der Waals surface area contributed by atoms with Gasteiger partial charge in [-0.25, -0.2) is 0 Å². The summed E-state index contributed by atoms with van der Waals surface area (Å²) in [7, 11) is 6.00. The molecule has 112 valence electrons. The normalized spacial score (nSPS) is 10.9. The van der Waals surface area contributed by atoms with E-state index in [4.69, 9.17) is 0 Å². The lowest BCUT2D eigenvalue weighted by Crippen LogP contribution is -1.99. The van der Waals surface area contributed by atoms with E-state index in [1.54, 1.807) is 0 Å². The Morgan fingerprint density at radius 3 is 2.38 bits per heavy atom. The van der Waals surface area contributed by atoms with Gasteiger partial charge in [0.2, 0.25) is 0 Å². The maximum Gasteiger partial charge on any atom is 0.0677 e. The van der Waals surface area contributed by atoms with Crippen LogP contribution >= 0.6 is 0 Å². The van der Waals surface area contributed by atoms with Crippen LogP contribution in [0.25, 0.3) is 21.8 Å². The van der Waals surface area contributed by atoms with Crippen LogP contribution in [0.4, 0.5) is 0 Å². The Morgan fingerprint density at radius 2 is 1.67 bits per heavy atom. The van der Waals surface area contributed by atoms with Crippen molar-refractivity contribution < 1.29 is 0 Å². The zero-order valence-electron chi connectivity index (χ0n) is 13.5. The largest absolute Gasteiger partial charge is 0.339 e. The minimum atomic E-state index is 1.08. The molecule has 0 fully saturated rings. The van der Waals surface area contributed by atoms with Gasteiger partial charge in [0, 0.05) is 29.0 Å². The van der Waals surface area contributed by atoms with Gasteiger partial charge in [0.15, 0.2) is 0 Å². The van der Waals surface area contributed by atoms with Gasteiger partial charge in [0.05, 0.1) is 11.7 Å². The van der Waals surface area contributed by atoms with Gasteiger partial charge in [0.1, 0.15) is 0 Å². The summed E-state index contributed by atoms with van der Waals surface area (Å²) in [6, 6.07) is 10.7. The molecule has 0 N–H and O–H groups in total. The van der Waals surface area contributed by atoms with Crippen molar-refractivity contribution in [3.05, 3.63) is 42.7 Å². The van der Waals surface area contributed by atoms with Crippen LogP contribution in [0.15, 0.2) is 42.7 Å². The fourth-order valence-electron chi connectivity index (χ4n) is 2.45. The zero-order chi connectivity index (χ0) is 15.2. The van der Waals surface area contributed by atoms with Crippen LogP contribution in [0.3, 0.4) is 0 Å². The molecule has 0 amide bonds. The molecule has 0 saturated carbocycles. The molecule has 0 aliphatic carbocycles. The average molecular weight is 283 g/mol. The molecule has 1 aromatic carbocycles. The lowest BCUT2D eigenvalue weighted by Gasteiger charge is -2.05. The molecule has 2 heterocycles. The highest BCUT2D eigenvalue weighted by atomic mass is 15.0. The van der Waals surface area contributed by atoms with E-state index in [2.05, 4.69) is 46.8 Å². The fraction of sp³-hybridized carbons (Fsp3) is 0.389. The molecule has 0 aliphatic heterocycles. The van der Waals surface area contributed by atoms with Gasteiger partial charge in [-0.2, -0.15) is 0 Å². The zero-order valence-corrected chi connectivity index (χ0v) is 13.5. The van der Waals surface area contributed by atoms with E-state index in [1.165, 1.54) is 34.6 Å². The molecule has 3 rings (SSSR count). The second-order valence-corrected chi connectivity index (χ2v) is 5.76. The average Bonchev–Trinajstić information content (AvgIpc) is 2.79. The number of aromatic nitrogens is 2.